The summed E-state index contributed by atoms with van der Waals surface area (Å²) in [6.07, 6.45) is 5.35. The summed E-state index contributed by atoms with van der Waals surface area (Å²) in [7, 11) is 0. The van der Waals surface area contributed by atoms with Gasteiger partial charge in [0, 0.05) is 32.1 Å². The molecule has 23 heavy (non-hydrogen) atoms. The first-order valence-corrected chi connectivity index (χ1v) is 7.96. The van der Waals surface area contributed by atoms with E-state index in [0.29, 0.717) is 25.2 Å². The molecule has 0 aliphatic rings. The smallest absolute Gasteiger partial charge is 0.270 e. The molecule has 6 heteroatoms. The Kier molecular flexibility index (Phi) is 5.87. The van der Waals surface area contributed by atoms with E-state index in [2.05, 4.69) is 4.98 Å². The summed E-state index contributed by atoms with van der Waals surface area (Å²) >= 11 is 0. The molecule has 2 aromatic rings. The van der Waals surface area contributed by atoms with E-state index in [9.17, 15) is 9.59 Å². The maximum absolute atomic E-state index is 12.7. The molecular weight excluding hydrogens is 294 g/mol. The van der Waals surface area contributed by atoms with Gasteiger partial charge in [0.05, 0.1) is 0 Å². The van der Waals surface area contributed by atoms with E-state index in [1.807, 2.05) is 19.9 Å². The van der Waals surface area contributed by atoms with E-state index in [-0.39, 0.29) is 23.6 Å². The van der Waals surface area contributed by atoms with Crippen molar-refractivity contribution in [3.8, 4) is 0 Å². The van der Waals surface area contributed by atoms with Gasteiger partial charge in [-0.2, -0.15) is 0 Å². The van der Waals surface area contributed by atoms with Crippen LogP contribution in [0.25, 0.3) is 5.65 Å². The molecule has 0 bridgehead atoms. The maximum Gasteiger partial charge on any atom is 0.270 e. The van der Waals surface area contributed by atoms with Crippen LogP contribution >= 0.6 is 0 Å². The lowest BCUT2D eigenvalue weighted by Crippen LogP contribution is -2.37. The van der Waals surface area contributed by atoms with E-state index >= 15 is 0 Å². The number of aliphatic hydroxyl groups is 1. The van der Waals surface area contributed by atoms with E-state index in [1.54, 1.807) is 17.2 Å². The molecule has 0 atom stereocenters. The fourth-order valence-electron chi connectivity index (χ4n) is 2.43. The summed E-state index contributed by atoms with van der Waals surface area (Å²) in [6, 6.07) is 3.63. The van der Waals surface area contributed by atoms with Crippen LogP contribution < -0.4 is 5.56 Å². The second-order valence-electron chi connectivity index (χ2n) is 5.63. The van der Waals surface area contributed by atoms with Gasteiger partial charge in [0.1, 0.15) is 11.2 Å². The number of carbonyl (C=O) groups is 1. The standard InChI is InChI=1S/C17H23N3O3/c1-3-4-8-19(9-5-10-21)16(22)14-11-18-15-7-6-13(2)12-20(15)17(14)23/h6-7,11-12,21H,3-5,8-10H2,1-2H3. The summed E-state index contributed by atoms with van der Waals surface area (Å²) in [6.45, 7) is 4.96. The SMILES string of the molecule is CCCCN(CCCO)C(=O)c1cnc2ccc(C)cn2c1=O. The predicted octanol–water partition coefficient (Wildman–Crippen LogP) is 1.63. The highest BCUT2D eigenvalue weighted by Crippen LogP contribution is 2.06. The van der Waals surface area contributed by atoms with Gasteiger partial charge in [0.15, 0.2) is 0 Å². The summed E-state index contributed by atoms with van der Waals surface area (Å²) in [4.78, 5) is 31.1. The summed E-state index contributed by atoms with van der Waals surface area (Å²) in [5.74, 6) is -0.319. The minimum absolute atomic E-state index is 0.0179. The molecule has 2 heterocycles. The van der Waals surface area contributed by atoms with Crippen molar-refractivity contribution in [1.82, 2.24) is 14.3 Å². The van der Waals surface area contributed by atoms with Gasteiger partial charge < -0.3 is 10.0 Å². The largest absolute Gasteiger partial charge is 0.396 e. The van der Waals surface area contributed by atoms with E-state index in [4.69, 9.17) is 5.11 Å². The molecule has 0 radical (unpaired) electrons. The molecule has 0 fully saturated rings. The zero-order chi connectivity index (χ0) is 16.8. The zero-order valence-corrected chi connectivity index (χ0v) is 13.7. The van der Waals surface area contributed by atoms with Crippen molar-refractivity contribution in [2.24, 2.45) is 0 Å². The zero-order valence-electron chi connectivity index (χ0n) is 13.7. The number of fused-ring (bicyclic) bond motifs is 1. The second kappa shape index (κ2) is 7.87. The van der Waals surface area contributed by atoms with Gasteiger partial charge in [-0.15, -0.1) is 0 Å². The van der Waals surface area contributed by atoms with Crippen LogP contribution in [0, 0.1) is 6.92 Å². The number of unbranched alkanes of at least 4 members (excludes halogenated alkanes) is 1. The van der Waals surface area contributed by atoms with Crippen LogP contribution in [0.5, 0.6) is 0 Å². The van der Waals surface area contributed by atoms with E-state index < -0.39 is 0 Å². The second-order valence-corrected chi connectivity index (χ2v) is 5.63. The van der Waals surface area contributed by atoms with Crippen LogP contribution in [-0.4, -0.2) is 45.0 Å². The third kappa shape index (κ3) is 3.96. The number of rotatable bonds is 7. The Labute approximate surface area is 135 Å². The Balaban J connectivity index is 2.37. The number of carbonyl (C=O) groups excluding carboxylic acids is 1. The molecule has 2 aromatic heterocycles. The van der Waals surface area contributed by atoms with Crippen molar-refractivity contribution >= 4 is 11.6 Å². The van der Waals surface area contributed by atoms with Crippen LogP contribution in [0.15, 0.2) is 29.3 Å². The maximum atomic E-state index is 12.7. The predicted molar refractivity (Wildman–Crippen MR) is 88.7 cm³/mol. The number of aliphatic hydroxyl groups excluding tert-OH is 1. The molecule has 0 aliphatic carbocycles. The number of hydrogen-bond acceptors (Lipinski definition) is 4. The third-order valence-corrected chi connectivity index (χ3v) is 3.74. The van der Waals surface area contributed by atoms with Gasteiger partial charge in [0.2, 0.25) is 0 Å². The minimum Gasteiger partial charge on any atom is -0.396 e. The number of hydrogen-bond donors (Lipinski definition) is 1. The Hall–Kier alpha value is -2.21. The normalized spacial score (nSPS) is 10.9. The Morgan fingerprint density at radius 1 is 1.30 bits per heavy atom. The number of amides is 1. The molecule has 2 rings (SSSR count). The number of pyridine rings is 1. The summed E-state index contributed by atoms with van der Waals surface area (Å²) < 4.78 is 1.41. The first-order chi connectivity index (χ1) is 11.1. The van der Waals surface area contributed by atoms with Gasteiger partial charge in [-0.25, -0.2) is 4.98 Å². The Morgan fingerprint density at radius 2 is 2.04 bits per heavy atom. The lowest BCUT2D eigenvalue weighted by Gasteiger charge is -2.22. The average molecular weight is 317 g/mol. The van der Waals surface area contributed by atoms with Crippen molar-refractivity contribution in [3.05, 3.63) is 46.0 Å². The van der Waals surface area contributed by atoms with E-state index in [1.165, 1.54) is 10.6 Å². The molecule has 0 saturated heterocycles. The Bertz CT molecular complexity index is 731. The lowest BCUT2D eigenvalue weighted by atomic mass is 10.2. The van der Waals surface area contributed by atoms with Crippen LogP contribution in [0.3, 0.4) is 0 Å². The molecular formula is C17H23N3O3. The first kappa shape index (κ1) is 17.1. The number of aryl methyl sites for hydroxylation is 1. The van der Waals surface area contributed by atoms with Gasteiger partial charge in [0.25, 0.3) is 11.5 Å². The van der Waals surface area contributed by atoms with Crippen molar-refractivity contribution in [3.63, 3.8) is 0 Å². The third-order valence-electron chi connectivity index (χ3n) is 3.74. The quantitative estimate of drug-likeness (QED) is 0.842. The molecule has 0 aliphatic heterocycles. The highest BCUT2D eigenvalue weighted by molar-refractivity contribution is 5.93. The molecule has 6 nitrogen and oxygen atoms in total. The van der Waals surface area contributed by atoms with Crippen molar-refractivity contribution in [2.45, 2.75) is 33.1 Å². The molecule has 1 amide bonds. The fraction of sp³-hybridized carbons (Fsp3) is 0.471. The monoisotopic (exact) mass is 317 g/mol. The summed E-state index contributed by atoms with van der Waals surface area (Å²) in [5.41, 5.74) is 1.16. The number of aromatic nitrogens is 2. The molecule has 124 valence electrons. The molecule has 0 spiro atoms. The van der Waals surface area contributed by atoms with Crippen LogP contribution in [-0.2, 0) is 0 Å². The van der Waals surface area contributed by atoms with Gasteiger partial charge in [-0.3, -0.25) is 14.0 Å². The van der Waals surface area contributed by atoms with Gasteiger partial charge >= 0.3 is 0 Å². The van der Waals surface area contributed by atoms with Gasteiger partial charge in [-0.1, -0.05) is 19.4 Å². The van der Waals surface area contributed by atoms with Crippen LogP contribution in [0.4, 0.5) is 0 Å². The average Bonchev–Trinajstić information content (AvgIpc) is 2.55. The van der Waals surface area contributed by atoms with Gasteiger partial charge in [-0.05, 0) is 31.4 Å². The fourth-order valence-corrected chi connectivity index (χ4v) is 2.43. The number of nitrogens with zero attached hydrogens (tertiary/aromatic N) is 3. The summed E-state index contributed by atoms with van der Waals surface area (Å²) in [5, 5.41) is 9.00. The molecule has 1 N–H and O–H groups in total. The molecule has 0 saturated carbocycles. The highest BCUT2D eigenvalue weighted by atomic mass is 16.3. The van der Waals surface area contributed by atoms with Crippen molar-refractivity contribution < 1.29 is 9.90 Å². The lowest BCUT2D eigenvalue weighted by molar-refractivity contribution is 0.0740. The van der Waals surface area contributed by atoms with Crippen molar-refractivity contribution in [2.75, 3.05) is 19.7 Å². The Morgan fingerprint density at radius 3 is 2.74 bits per heavy atom. The minimum atomic E-state index is -0.353. The van der Waals surface area contributed by atoms with Crippen LogP contribution in [0.2, 0.25) is 0 Å². The topological polar surface area (TPSA) is 74.9 Å². The molecule has 0 aromatic carbocycles. The first-order valence-electron chi connectivity index (χ1n) is 7.96. The highest BCUT2D eigenvalue weighted by Gasteiger charge is 2.19. The van der Waals surface area contributed by atoms with Crippen LogP contribution in [0.1, 0.15) is 42.1 Å². The molecule has 0 unspecified atom stereocenters. The van der Waals surface area contributed by atoms with Crippen molar-refractivity contribution in [1.29, 1.82) is 0 Å². The van der Waals surface area contributed by atoms with E-state index in [0.717, 1.165) is 18.4 Å².